The summed E-state index contributed by atoms with van der Waals surface area (Å²) in [6.45, 7) is 10.5. The fourth-order valence-electron chi connectivity index (χ4n) is 4.88. The highest BCUT2D eigenvalue weighted by Gasteiger charge is 2.23. The fourth-order valence-corrected chi connectivity index (χ4v) is 5.38. The molecule has 188 valence electrons. The van der Waals surface area contributed by atoms with Crippen LogP contribution >= 0.6 is 15.9 Å². The van der Waals surface area contributed by atoms with E-state index in [-0.39, 0.29) is 5.78 Å². The van der Waals surface area contributed by atoms with Crippen LogP contribution in [0, 0.1) is 6.92 Å². The predicted molar refractivity (Wildman–Crippen MR) is 152 cm³/mol. The lowest BCUT2D eigenvalue weighted by Crippen LogP contribution is -2.27. The van der Waals surface area contributed by atoms with E-state index in [0.717, 1.165) is 58.5 Å². The van der Waals surface area contributed by atoms with Crippen molar-refractivity contribution < 1.29 is 9.53 Å². The minimum Gasteiger partial charge on any atom is -0.492 e. The lowest BCUT2D eigenvalue weighted by atomic mass is 9.97. The summed E-state index contributed by atoms with van der Waals surface area (Å²) in [6, 6.07) is 21.8. The molecule has 0 amide bonds. The second-order valence-corrected chi connectivity index (χ2v) is 10.0. The summed E-state index contributed by atoms with van der Waals surface area (Å²) in [4.78, 5) is 16.4. The molecule has 2 aromatic carbocycles. The molecule has 0 spiro atoms. The van der Waals surface area contributed by atoms with Gasteiger partial charge in [0, 0.05) is 29.4 Å². The number of nitrogens with zero attached hydrogens (tertiary/aromatic N) is 2. The Kier molecular flexibility index (Phi) is 9.00. The SMILES string of the molecule is CCCN(CCC)CCCOc1ccc(C(=O)c2c(-c3ccccc3)c(C)c3ccccn23)cc1Br. The normalized spacial score (nSPS) is 11.4. The number of carbonyl (C=O) groups is 1. The van der Waals surface area contributed by atoms with Crippen molar-refractivity contribution in [3.63, 3.8) is 0 Å². The van der Waals surface area contributed by atoms with E-state index in [1.54, 1.807) is 0 Å². The third kappa shape index (κ3) is 5.74. The number of ketones is 1. The van der Waals surface area contributed by atoms with Gasteiger partial charge in [0.25, 0.3) is 0 Å². The number of hydrogen-bond donors (Lipinski definition) is 0. The van der Waals surface area contributed by atoms with Gasteiger partial charge in [0.05, 0.1) is 11.1 Å². The standard InChI is InChI=1S/C31H35BrN2O2/c1-4-17-33(18-5-2)19-11-21-36-28-16-15-25(22-26(28)32)31(35)30-29(24-12-7-6-8-13-24)23(3)27-14-9-10-20-34(27)30/h6-10,12-16,20,22H,4-5,11,17-19,21H2,1-3H3. The Morgan fingerprint density at radius 2 is 1.67 bits per heavy atom. The molecule has 36 heavy (non-hydrogen) atoms. The monoisotopic (exact) mass is 546 g/mol. The van der Waals surface area contributed by atoms with Gasteiger partial charge in [-0.15, -0.1) is 0 Å². The first-order valence-electron chi connectivity index (χ1n) is 12.9. The van der Waals surface area contributed by atoms with Crippen LogP contribution in [0.15, 0.2) is 77.4 Å². The Bertz CT molecular complexity index is 1310. The number of benzene rings is 2. The summed E-state index contributed by atoms with van der Waals surface area (Å²) in [5.41, 5.74) is 5.48. The molecule has 0 aliphatic rings. The molecule has 0 radical (unpaired) electrons. The van der Waals surface area contributed by atoms with Crippen LogP contribution in [0.3, 0.4) is 0 Å². The molecule has 0 atom stereocenters. The number of rotatable bonds is 12. The Labute approximate surface area is 223 Å². The van der Waals surface area contributed by atoms with Gasteiger partial charge < -0.3 is 14.0 Å². The number of pyridine rings is 1. The zero-order chi connectivity index (χ0) is 25.5. The molecule has 2 aromatic heterocycles. The molecule has 0 aliphatic carbocycles. The van der Waals surface area contributed by atoms with Crippen LogP contribution in [-0.4, -0.2) is 41.3 Å². The molecule has 4 rings (SSSR count). The lowest BCUT2D eigenvalue weighted by molar-refractivity contribution is 0.103. The van der Waals surface area contributed by atoms with Crippen LogP contribution in [0.2, 0.25) is 0 Å². The summed E-state index contributed by atoms with van der Waals surface area (Å²) < 4.78 is 8.87. The third-order valence-corrected chi connectivity index (χ3v) is 7.14. The highest BCUT2D eigenvalue weighted by Crippen LogP contribution is 2.35. The van der Waals surface area contributed by atoms with Gasteiger partial charge in [-0.2, -0.15) is 0 Å². The summed E-state index contributed by atoms with van der Waals surface area (Å²) >= 11 is 3.64. The van der Waals surface area contributed by atoms with E-state index in [1.807, 2.05) is 59.1 Å². The molecule has 4 nitrogen and oxygen atoms in total. The Hall–Kier alpha value is -2.89. The van der Waals surface area contributed by atoms with Gasteiger partial charge in [-0.25, -0.2) is 0 Å². The van der Waals surface area contributed by atoms with Crippen molar-refractivity contribution in [1.29, 1.82) is 0 Å². The van der Waals surface area contributed by atoms with Crippen molar-refractivity contribution >= 4 is 27.2 Å². The number of ether oxygens (including phenoxy) is 1. The Balaban J connectivity index is 1.56. The fraction of sp³-hybridized carbons (Fsp3) is 0.323. The van der Waals surface area contributed by atoms with Gasteiger partial charge in [-0.05, 0) is 96.7 Å². The van der Waals surface area contributed by atoms with Crippen LogP contribution in [0.5, 0.6) is 5.75 Å². The zero-order valence-electron chi connectivity index (χ0n) is 21.5. The smallest absolute Gasteiger partial charge is 0.210 e. The molecule has 0 saturated heterocycles. The average molecular weight is 548 g/mol. The lowest BCUT2D eigenvalue weighted by Gasteiger charge is -2.20. The van der Waals surface area contributed by atoms with Crippen LogP contribution in [0.25, 0.3) is 16.6 Å². The second kappa shape index (κ2) is 12.4. The van der Waals surface area contributed by atoms with E-state index in [4.69, 9.17) is 4.74 Å². The molecule has 0 aliphatic heterocycles. The maximum absolute atomic E-state index is 13.9. The highest BCUT2D eigenvalue weighted by atomic mass is 79.9. The number of hydrogen-bond acceptors (Lipinski definition) is 3. The van der Waals surface area contributed by atoms with Crippen molar-refractivity contribution in [1.82, 2.24) is 9.30 Å². The van der Waals surface area contributed by atoms with Crippen molar-refractivity contribution in [2.45, 2.75) is 40.0 Å². The van der Waals surface area contributed by atoms with Gasteiger partial charge in [0.1, 0.15) is 11.4 Å². The van der Waals surface area contributed by atoms with Gasteiger partial charge in [0.15, 0.2) is 0 Å². The molecule has 4 aromatic rings. The molecule has 2 heterocycles. The molecule has 0 N–H and O–H groups in total. The van der Waals surface area contributed by atoms with E-state index >= 15 is 0 Å². The number of halogens is 1. The summed E-state index contributed by atoms with van der Waals surface area (Å²) in [5.74, 6) is 0.758. The molecule has 0 unspecified atom stereocenters. The zero-order valence-corrected chi connectivity index (χ0v) is 23.1. The van der Waals surface area contributed by atoms with Crippen LogP contribution in [-0.2, 0) is 0 Å². The van der Waals surface area contributed by atoms with Crippen molar-refractivity contribution in [2.75, 3.05) is 26.2 Å². The summed E-state index contributed by atoms with van der Waals surface area (Å²) in [7, 11) is 0. The van der Waals surface area contributed by atoms with E-state index < -0.39 is 0 Å². The second-order valence-electron chi connectivity index (χ2n) is 9.19. The minimum atomic E-state index is -0.00910. The molecule has 0 fully saturated rings. The maximum Gasteiger partial charge on any atom is 0.210 e. The van der Waals surface area contributed by atoms with Crippen molar-refractivity contribution in [2.24, 2.45) is 0 Å². The van der Waals surface area contributed by atoms with Crippen LogP contribution < -0.4 is 4.74 Å². The third-order valence-electron chi connectivity index (χ3n) is 6.52. The number of carbonyl (C=O) groups excluding carboxylic acids is 1. The first-order valence-corrected chi connectivity index (χ1v) is 13.7. The van der Waals surface area contributed by atoms with Gasteiger partial charge in [-0.3, -0.25) is 4.79 Å². The topological polar surface area (TPSA) is 34.0 Å². The Morgan fingerprint density at radius 3 is 2.36 bits per heavy atom. The quantitative estimate of drug-likeness (QED) is 0.134. The predicted octanol–water partition coefficient (Wildman–Crippen LogP) is 7.80. The minimum absolute atomic E-state index is 0.00910. The molecule has 0 bridgehead atoms. The largest absolute Gasteiger partial charge is 0.492 e. The first-order chi connectivity index (χ1) is 17.5. The van der Waals surface area contributed by atoms with Crippen molar-refractivity contribution in [3.05, 3.63) is 94.2 Å². The average Bonchev–Trinajstić information content (AvgIpc) is 3.20. The van der Waals surface area contributed by atoms with Gasteiger partial charge in [0.2, 0.25) is 5.78 Å². The number of fused-ring (bicyclic) bond motifs is 1. The Morgan fingerprint density at radius 1 is 0.944 bits per heavy atom. The highest BCUT2D eigenvalue weighted by molar-refractivity contribution is 9.10. The number of aryl methyl sites for hydroxylation is 1. The van der Waals surface area contributed by atoms with E-state index in [1.165, 1.54) is 12.8 Å². The van der Waals surface area contributed by atoms with Crippen LogP contribution in [0.4, 0.5) is 0 Å². The van der Waals surface area contributed by atoms with E-state index in [2.05, 4.69) is 59.8 Å². The number of aromatic nitrogens is 1. The van der Waals surface area contributed by atoms with Crippen molar-refractivity contribution in [3.8, 4) is 16.9 Å². The molecule has 5 heteroatoms. The van der Waals surface area contributed by atoms with E-state index in [9.17, 15) is 4.79 Å². The van der Waals surface area contributed by atoms with Gasteiger partial charge in [-0.1, -0.05) is 50.2 Å². The summed E-state index contributed by atoms with van der Waals surface area (Å²) in [6.07, 6.45) is 5.28. The molecular weight excluding hydrogens is 512 g/mol. The van der Waals surface area contributed by atoms with Gasteiger partial charge >= 0.3 is 0 Å². The summed E-state index contributed by atoms with van der Waals surface area (Å²) in [5, 5.41) is 0. The van der Waals surface area contributed by atoms with E-state index in [0.29, 0.717) is 17.9 Å². The van der Waals surface area contributed by atoms with Crippen LogP contribution in [0.1, 0.15) is 54.7 Å². The molecule has 0 saturated carbocycles. The molecular formula is C31H35BrN2O2. The maximum atomic E-state index is 13.9. The first kappa shape index (κ1) is 26.2.